The minimum Gasteiger partial charge on any atom is -0.497 e. The maximum absolute atomic E-state index is 11.8. The second-order valence-electron chi connectivity index (χ2n) is 7.38. The molecule has 1 rings (SSSR count). The van der Waals surface area contributed by atoms with Gasteiger partial charge in [-0.2, -0.15) is 0 Å². The molecule has 0 heterocycles. The van der Waals surface area contributed by atoms with Crippen LogP contribution >= 0.6 is 11.6 Å². The van der Waals surface area contributed by atoms with E-state index in [1.807, 2.05) is 77.0 Å². The highest BCUT2D eigenvalue weighted by Crippen LogP contribution is 2.23. The average molecular weight is 436 g/mol. The van der Waals surface area contributed by atoms with Crippen LogP contribution in [-0.4, -0.2) is 55.9 Å². The van der Waals surface area contributed by atoms with Crippen molar-refractivity contribution in [1.82, 2.24) is 10.2 Å². The lowest BCUT2D eigenvalue weighted by molar-refractivity contribution is -0.123. The van der Waals surface area contributed by atoms with Crippen molar-refractivity contribution in [3.63, 3.8) is 0 Å². The number of likely N-dealkylation sites (N-methyl/N-ethyl adjacent to an activating group) is 1. The van der Waals surface area contributed by atoms with E-state index in [1.165, 1.54) is 0 Å². The molecular formula is C23H34ClN3O3. The van der Waals surface area contributed by atoms with Gasteiger partial charge in [0.1, 0.15) is 17.5 Å². The molecule has 6 nitrogen and oxygen atoms in total. The number of ether oxygens (including phenoxy) is 2. The molecule has 0 aromatic heterocycles. The summed E-state index contributed by atoms with van der Waals surface area (Å²) in [6.45, 7) is 9.07. The quantitative estimate of drug-likeness (QED) is 0.389. The Bertz CT molecular complexity index is 771. The fourth-order valence-corrected chi connectivity index (χ4v) is 2.67. The van der Waals surface area contributed by atoms with E-state index in [0.717, 1.165) is 24.2 Å². The number of nitrogens with one attached hydrogen (secondary N) is 1. The minimum absolute atomic E-state index is 0.0370. The molecular weight excluding hydrogens is 402 g/mol. The van der Waals surface area contributed by atoms with E-state index in [9.17, 15) is 4.79 Å². The van der Waals surface area contributed by atoms with Crippen LogP contribution in [0.15, 0.2) is 47.2 Å². The third kappa shape index (κ3) is 11.0. The molecule has 1 aromatic carbocycles. The minimum atomic E-state index is -0.157. The van der Waals surface area contributed by atoms with Gasteiger partial charge in [-0.15, -0.1) is 0 Å². The van der Waals surface area contributed by atoms with Gasteiger partial charge >= 0.3 is 0 Å². The highest BCUT2D eigenvalue weighted by atomic mass is 35.5. The molecule has 7 heteroatoms. The SMILES string of the molecule is CC/C=C(/N=C(Cl)\C=C(/C)OCCN(C)C)c1cccc(OCC(=O)NC(C)C)c1. The Kier molecular flexibility index (Phi) is 11.9. The van der Waals surface area contributed by atoms with Crippen molar-refractivity contribution in [2.24, 2.45) is 4.99 Å². The number of aliphatic imine (C=N–C) groups is 1. The van der Waals surface area contributed by atoms with Gasteiger partial charge in [0, 0.05) is 24.2 Å². The normalized spacial score (nSPS) is 13.0. The van der Waals surface area contributed by atoms with Gasteiger partial charge in [0.25, 0.3) is 5.91 Å². The Morgan fingerprint density at radius 1 is 1.33 bits per heavy atom. The third-order valence-corrected chi connectivity index (χ3v) is 3.96. The summed E-state index contributed by atoms with van der Waals surface area (Å²) < 4.78 is 11.3. The first-order chi connectivity index (χ1) is 14.2. The van der Waals surface area contributed by atoms with Crippen LogP contribution in [-0.2, 0) is 9.53 Å². The summed E-state index contributed by atoms with van der Waals surface area (Å²) in [5.41, 5.74) is 1.59. The van der Waals surface area contributed by atoms with Gasteiger partial charge in [-0.3, -0.25) is 4.79 Å². The third-order valence-electron chi connectivity index (χ3n) is 3.76. The molecule has 0 spiro atoms. The van der Waals surface area contributed by atoms with Crippen LogP contribution < -0.4 is 10.1 Å². The van der Waals surface area contributed by atoms with E-state index in [0.29, 0.717) is 23.3 Å². The zero-order valence-corrected chi connectivity index (χ0v) is 19.6. The molecule has 0 saturated carbocycles. The molecule has 1 amide bonds. The molecule has 0 radical (unpaired) electrons. The van der Waals surface area contributed by atoms with Crippen molar-refractivity contribution in [3.05, 3.63) is 47.7 Å². The van der Waals surface area contributed by atoms with Crippen molar-refractivity contribution < 1.29 is 14.3 Å². The van der Waals surface area contributed by atoms with Gasteiger partial charge in [0.15, 0.2) is 6.61 Å². The van der Waals surface area contributed by atoms with E-state index in [1.54, 1.807) is 6.08 Å². The molecule has 0 saturated heterocycles. The smallest absolute Gasteiger partial charge is 0.258 e. The van der Waals surface area contributed by atoms with Crippen LogP contribution in [0.25, 0.3) is 5.70 Å². The van der Waals surface area contributed by atoms with Gasteiger partial charge in [0.05, 0.1) is 11.5 Å². The number of rotatable bonds is 12. The van der Waals surface area contributed by atoms with Crippen molar-refractivity contribution in [2.75, 3.05) is 33.9 Å². The van der Waals surface area contributed by atoms with E-state index in [2.05, 4.69) is 10.3 Å². The maximum atomic E-state index is 11.8. The number of nitrogens with zero attached hydrogens (tertiary/aromatic N) is 2. The first-order valence-electron chi connectivity index (χ1n) is 10.1. The molecule has 1 aromatic rings. The van der Waals surface area contributed by atoms with Crippen LogP contribution in [0.1, 0.15) is 39.7 Å². The van der Waals surface area contributed by atoms with Gasteiger partial charge in [0.2, 0.25) is 0 Å². The van der Waals surface area contributed by atoms with Crippen LogP contribution in [0.5, 0.6) is 5.75 Å². The number of halogens is 1. The number of allylic oxidation sites excluding steroid dienone is 3. The fraction of sp³-hybridized carbons (Fsp3) is 0.478. The van der Waals surface area contributed by atoms with Gasteiger partial charge < -0.3 is 19.7 Å². The second-order valence-corrected chi connectivity index (χ2v) is 7.76. The van der Waals surface area contributed by atoms with Crippen LogP contribution in [0, 0.1) is 0 Å². The molecule has 0 fully saturated rings. The van der Waals surface area contributed by atoms with Gasteiger partial charge in [-0.1, -0.05) is 36.7 Å². The van der Waals surface area contributed by atoms with Gasteiger partial charge in [-0.25, -0.2) is 4.99 Å². The highest BCUT2D eigenvalue weighted by Gasteiger charge is 2.07. The first-order valence-corrected chi connectivity index (χ1v) is 10.5. The summed E-state index contributed by atoms with van der Waals surface area (Å²) in [5.74, 6) is 1.14. The predicted molar refractivity (Wildman–Crippen MR) is 125 cm³/mol. The topological polar surface area (TPSA) is 63.2 Å². The number of benzene rings is 1. The largest absolute Gasteiger partial charge is 0.497 e. The van der Waals surface area contributed by atoms with Crippen LogP contribution in [0.4, 0.5) is 0 Å². The number of carbonyl (C=O) groups is 1. The lowest BCUT2D eigenvalue weighted by atomic mass is 10.1. The zero-order valence-electron chi connectivity index (χ0n) is 18.9. The van der Waals surface area contributed by atoms with Crippen LogP contribution in [0.2, 0.25) is 0 Å². The van der Waals surface area contributed by atoms with Crippen molar-refractivity contribution in [2.45, 2.75) is 40.2 Å². The molecule has 0 aliphatic carbocycles. The molecule has 0 unspecified atom stereocenters. The summed E-state index contributed by atoms with van der Waals surface area (Å²) in [7, 11) is 3.99. The predicted octanol–water partition coefficient (Wildman–Crippen LogP) is 4.46. The Morgan fingerprint density at radius 2 is 2.07 bits per heavy atom. The second kappa shape index (κ2) is 13.8. The number of hydrogen-bond acceptors (Lipinski definition) is 5. The Hall–Kier alpha value is -2.31. The first kappa shape index (κ1) is 25.7. The molecule has 0 aliphatic heterocycles. The molecule has 1 N–H and O–H groups in total. The van der Waals surface area contributed by atoms with Crippen LogP contribution in [0.3, 0.4) is 0 Å². The molecule has 30 heavy (non-hydrogen) atoms. The molecule has 0 atom stereocenters. The lowest BCUT2D eigenvalue weighted by Gasteiger charge is -2.11. The number of hydrogen-bond donors (Lipinski definition) is 1. The molecule has 0 aliphatic rings. The van der Waals surface area contributed by atoms with E-state index < -0.39 is 0 Å². The maximum Gasteiger partial charge on any atom is 0.258 e. The summed E-state index contributed by atoms with van der Waals surface area (Å²) in [4.78, 5) is 18.4. The molecule has 166 valence electrons. The van der Waals surface area contributed by atoms with Crippen molar-refractivity contribution in [3.8, 4) is 5.75 Å². The van der Waals surface area contributed by atoms with Crippen molar-refractivity contribution in [1.29, 1.82) is 0 Å². The van der Waals surface area contributed by atoms with Crippen molar-refractivity contribution >= 4 is 28.4 Å². The average Bonchev–Trinajstić information content (AvgIpc) is 2.65. The summed E-state index contributed by atoms with van der Waals surface area (Å²) in [6.07, 6.45) is 4.49. The number of carbonyl (C=O) groups excluding carboxylic acids is 1. The lowest BCUT2D eigenvalue weighted by Crippen LogP contribution is -2.34. The van der Waals surface area contributed by atoms with E-state index >= 15 is 0 Å². The highest BCUT2D eigenvalue weighted by molar-refractivity contribution is 6.68. The Morgan fingerprint density at radius 3 is 2.70 bits per heavy atom. The van der Waals surface area contributed by atoms with E-state index in [-0.39, 0.29) is 18.6 Å². The van der Waals surface area contributed by atoms with Gasteiger partial charge in [-0.05, 0) is 53.4 Å². The summed E-state index contributed by atoms with van der Waals surface area (Å²) in [5, 5.41) is 3.13. The monoisotopic (exact) mass is 435 g/mol. The summed E-state index contributed by atoms with van der Waals surface area (Å²) >= 11 is 6.35. The fourth-order valence-electron chi connectivity index (χ4n) is 2.43. The standard InChI is InChI=1S/C23H34ClN3O3/c1-7-9-21(26-22(24)14-18(4)29-13-12-27(5)6)19-10-8-11-20(15-19)30-16-23(28)25-17(2)3/h8-11,14-15,17H,7,12-13,16H2,1-6H3,(H,25,28)/b18-14+,21-9+,26-22+. The summed E-state index contributed by atoms with van der Waals surface area (Å²) in [6, 6.07) is 7.53. The molecule has 0 bridgehead atoms. The Balaban J connectivity index is 2.88. The van der Waals surface area contributed by atoms with E-state index in [4.69, 9.17) is 21.1 Å². The Labute approximate surface area is 185 Å². The zero-order chi connectivity index (χ0) is 22.5. The number of amides is 1.